The van der Waals surface area contributed by atoms with Crippen molar-refractivity contribution >= 4 is 88.6 Å². The second kappa shape index (κ2) is 38.5. The number of aliphatic hydroxyl groups excluding tert-OH is 1. The van der Waals surface area contributed by atoms with Crippen LogP contribution in [-0.2, 0) is 64.2 Å². The first-order chi connectivity index (χ1) is 48.5. The summed E-state index contributed by atoms with van der Waals surface area (Å²) in [7, 11) is 1.20. The van der Waals surface area contributed by atoms with Crippen LogP contribution in [-0.4, -0.2) is 234 Å². The third-order valence-corrected chi connectivity index (χ3v) is 24.0. The normalized spacial score (nSPS) is 34.7. The molecule has 0 radical (unpaired) electrons. The van der Waals surface area contributed by atoms with Gasteiger partial charge in [-0.15, -0.1) is 0 Å². The number of carbonyl (C=O) groups is 11. The molecule has 1 aromatic carbocycles. The Hall–Kier alpha value is -6.29. The van der Waals surface area contributed by atoms with Gasteiger partial charge in [-0.2, -0.15) is 23.5 Å². The van der Waals surface area contributed by atoms with E-state index in [1.807, 2.05) is 24.3 Å². The summed E-state index contributed by atoms with van der Waals surface area (Å²) in [5.74, 6) is -9.06. The zero-order chi connectivity index (χ0) is 72.3. The highest BCUT2D eigenvalue weighted by molar-refractivity contribution is 7.98. The van der Waals surface area contributed by atoms with Crippen LogP contribution in [0.15, 0.2) is 24.3 Å². The summed E-state index contributed by atoms with van der Waals surface area (Å²) >= 11 is 2.86. The van der Waals surface area contributed by atoms with Crippen molar-refractivity contribution in [2.45, 2.75) is 231 Å². The first kappa shape index (κ1) is 78.8. The quantitative estimate of drug-likeness (QED) is 0.0991. The number of carboxylic acids is 1. The Bertz CT molecular complexity index is 3050. The highest BCUT2D eigenvalue weighted by Gasteiger charge is 2.47. The number of unbranched alkanes of at least 4 members (excludes halogenated alkanes) is 1. The van der Waals surface area contributed by atoms with Crippen LogP contribution in [0.25, 0.3) is 0 Å². The Labute approximate surface area is 598 Å². The number of hydrogen-bond donors (Lipinski definition) is 15. The van der Waals surface area contributed by atoms with E-state index < -0.39 is 157 Å². The fraction of sp³-hybridized carbons (Fsp3) is 0.754. The highest BCUT2D eigenvalue weighted by Crippen LogP contribution is 2.40. The lowest BCUT2D eigenvalue weighted by Crippen LogP contribution is -2.61. The number of aliphatic hydroxyl groups is 1. The zero-order valence-electron chi connectivity index (χ0n) is 57.9. The number of halogens is 2. The molecule has 3 saturated carbocycles. The summed E-state index contributed by atoms with van der Waals surface area (Å²) in [4.78, 5) is 161. The number of amides is 10. The van der Waals surface area contributed by atoms with Gasteiger partial charge in [-0.25, -0.2) is 8.78 Å². The van der Waals surface area contributed by atoms with E-state index >= 15 is 32.8 Å². The summed E-state index contributed by atoms with van der Waals surface area (Å²) < 4.78 is 30.5. The molecule has 0 aromatic heterocycles. The number of benzene rings is 1. The molecule has 5 heterocycles. The van der Waals surface area contributed by atoms with Crippen LogP contribution >= 0.6 is 23.5 Å². The van der Waals surface area contributed by atoms with Crippen molar-refractivity contribution in [2.24, 2.45) is 41.1 Å². The number of hydrogen-bond acceptors (Lipinski definition) is 19. The molecule has 8 aliphatic rings. The number of nitrogens with one attached hydrogen (secondary N) is 11. The number of aliphatic carboxylic acids is 1. The Morgan fingerprint density at radius 3 is 1.88 bits per heavy atom. The fourth-order valence-corrected chi connectivity index (χ4v) is 18.2. The van der Waals surface area contributed by atoms with Crippen LogP contribution < -0.4 is 70.0 Å². The number of primary amides is 1. The third kappa shape index (κ3) is 22.9. The molecule has 5 aliphatic heterocycles. The van der Waals surface area contributed by atoms with Crippen molar-refractivity contribution in [2.75, 3.05) is 64.5 Å². The van der Waals surface area contributed by atoms with E-state index in [4.69, 9.17) is 11.5 Å². The average molecular weight is 1460 g/mol. The lowest BCUT2D eigenvalue weighted by molar-refractivity contribution is -0.148. The molecule has 9 rings (SSSR count). The molecule has 7 fully saturated rings. The number of carbonyl (C=O) groups excluding carboxylic acids is 10. The predicted molar refractivity (Wildman–Crippen MR) is 375 cm³/mol. The van der Waals surface area contributed by atoms with Gasteiger partial charge in [0.15, 0.2) is 0 Å². The van der Waals surface area contributed by atoms with Gasteiger partial charge in [-0.3, -0.25) is 52.7 Å². The Kier molecular flexibility index (Phi) is 30.0. The summed E-state index contributed by atoms with van der Waals surface area (Å²) in [5, 5.41) is 53.8. The van der Waals surface area contributed by atoms with Gasteiger partial charge in [0.05, 0.1) is 19.1 Å². The van der Waals surface area contributed by atoms with Gasteiger partial charge < -0.3 is 90.0 Å². The number of rotatable bonds is 15. The number of carboxylic acid groups (broad SMARTS) is 1. The molecule has 17 N–H and O–H groups in total. The van der Waals surface area contributed by atoms with Crippen LogP contribution in [0.5, 0.6) is 0 Å². The second-order valence-corrected chi connectivity index (χ2v) is 31.3. The summed E-state index contributed by atoms with van der Waals surface area (Å²) in [6.45, 7) is 1.18. The molecule has 32 heteroatoms. The molecule has 17 atom stereocenters. The first-order valence-electron chi connectivity index (χ1n) is 36.5. The molecule has 0 spiro atoms. The van der Waals surface area contributed by atoms with Gasteiger partial charge >= 0.3 is 5.97 Å². The molecular weight excluding hydrogens is 1350 g/mol. The highest BCUT2D eigenvalue weighted by atomic mass is 32.2. The summed E-state index contributed by atoms with van der Waals surface area (Å²) in [5.41, 5.74) is 13.6. The van der Waals surface area contributed by atoms with Crippen molar-refractivity contribution in [1.29, 1.82) is 0 Å². The SMILES string of the molecule is CN1C(=O)[C@H](CC2CNC3CCC(F)CC23)NC(=O)[C@H](CC2CNC3CCC(F)CC23)NC(=O)CNC(=O)[C@H](CCCCN)NC(=O)CCSCc2cccc(c2)CSC[C@@H](C(N)=O)NC(=O)[C@@H]2CCCN2C(=O)[C@H](CC2CCC(O)CC2)NC(=O)[C@H](CC2CNCN2)NC(=O)[C@@H]1CC(=O)O. The Balaban J connectivity index is 1.03. The van der Waals surface area contributed by atoms with Crippen molar-refractivity contribution in [1.82, 2.24) is 68.3 Å². The minimum Gasteiger partial charge on any atom is -0.481 e. The minimum absolute atomic E-state index is 0.0386. The van der Waals surface area contributed by atoms with Gasteiger partial charge in [0.1, 0.15) is 60.7 Å². The second-order valence-electron chi connectivity index (χ2n) is 29.1. The molecule has 101 heavy (non-hydrogen) atoms. The Morgan fingerprint density at radius 1 is 0.644 bits per heavy atom. The van der Waals surface area contributed by atoms with Crippen molar-refractivity contribution in [3.05, 3.63) is 35.4 Å². The summed E-state index contributed by atoms with van der Waals surface area (Å²) in [6, 6.07) is -3.68. The standard InChI is InChI=1S/C69H107F2N15O13S2/c1-85-58(29-61(90)91)67(97)81-53(28-45-32-74-37-78-45)65(95)82-54(23-38-10-14-46(87)15-11-38)69(99)86-20-5-9-57(86)66(96)84-56(62(73)92)36-101-35-40-7-4-6-39(22-40)34-100-21-18-59(88)79-51(8-2-3-19-72)63(93)77-33-60(89)80-52(24-41-30-75-49-16-12-43(70)26-47(41)49)64(94)83-55(68(85)98)25-42-31-76-50-17-13-44(71)27-48(42)50/h4,6-7,22,38,41-58,74-76,78,87H,2-3,5,8-21,23-37,72H2,1H3,(H2,73,92)(H,77,93)(H,79,88)(H,80,89)(H,81,97)(H,82,95)(H,83,94)(H,84,96)(H,90,91)/t38?,41?,42?,43?,44?,45?,46?,47?,48?,49?,50?,51-,52-,53-,54-,55-,56-,57-,58-/m0/s1. The number of nitrogens with zero attached hydrogens (tertiary/aromatic N) is 2. The van der Waals surface area contributed by atoms with E-state index in [1.165, 1.54) is 35.5 Å². The molecule has 2 bridgehead atoms. The number of thioether (sulfide) groups is 2. The van der Waals surface area contributed by atoms with Crippen molar-refractivity contribution in [3.63, 3.8) is 0 Å². The lowest BCUT2D eigenvalue weighted by atomic mass is 9.76. The maximum absolute atomic E-state index is 15.5. The molecule has 1 aromatic rings. The maximum atomic E-state index is 15.5. The average Bonchev–Trinajstić information content (AvgIpc) is 1.73. The number of nitrogens with two attached hydrogens (primary N) is 2. The van der Waals surface area contributed by atoms with E-state index in [0.29, 0.717) is 121 Å². The van der Waals surface area contributed by atoms with E-state index in [0.717, 1.165) is 16.0 Å². The molecule has 9 unspecified atom stereocenters. The van der Waals surface area contributed by atoms with Gasteiger partial charge in [0.2, 0.25) is 59.1 Å². The largest absolute Gasteiger partial charge is 0.481 e. The zero-order valence-corrected chi connectivity index (χ0v) is 59.5. The molecule has 4 saturated heterocycles. The van der Waals surface area contributed by atoms with E-state index in [1.54, 1.807) is 0 Å². The van der Waals surface area contributed by atoms with Crippen LogP contribution in [0.2, 0.25) is 0 Å². The van der Waals surface area contributed by atoms with E-state index in [-0.39, 0.29) is 106 Å². The third-order valence-electron chi connectivity index (χ3n) is 21.9. The van der Waals surface area contributed by atoms with E-state index in [9.17, 15) is 39.0 Å². The van der Waals surface area contributed by atoms with E-state index in [2.05, 4.69) is 58.5 Å². The fourth-order valence-electron chi connectivity index (χ4n) is 16.3. The topological polar surface area (TPSA) is 419 Å². The van der Waals surface area contributed by atoms with Gasteiger partial charge in [0, 0.05) is 74.4 Å². The number of fused-ring (bicyclic) bond motifs is 5. The van der Waals surface area contributed by atoms with Crippen LogP contribution in [0.3, 0.4) is 0 Å². The van der Waals surface area contributed by atoms with Crippen molar-refractivity contribution in [3.8, 4) is 0 Å². The monoisotopic (exact) mass is 1460 g/mol. The first-order valence-corrected chi connectivity index (χ1v) is 38.8. The molecular formula is C69H107F2N15O13S2. The lowest BCUT2D eigenvalue weighted by Gasteiger charge is -2.36. The molecule has 3 aliphatic carbocycles. The van der Waals surface area contributed by atoms with Gasteiger partial charge in [-0.1, -0.05) is 24.3 Å². The number of likely N-dealkylation sites (N-methyl/N-ethyl adjacent to an activating group) is 1. The van der Waals surface area contributed by atoms with Gasteiger partial charge in [0.25, 0.3) is 0 Å². The van der Waals surface area contributed by atoms with Crippen LogP contribution in [0.4, 0.5) is 8.78 Å². The number of alkyl halides is 2. The van der Waals surface area contributed by atoms with Crippen molar-refractivity contribution < 1.29 is 71.7 Å². The Morgan fingerprint density at radius 2 is 1.26 bits per heavy atom. The molecule has 562 valence electrons. The van der Waals surface area contributed by atoms with Crippen LogP contribution in [0, 0.1) is 29.6 Å². The predicted octanol–water partition coefficient (Wildman–Crippen LogP) is -0.429. The van der Waals surface area contributed by atoms with Crippen LogP contribution in [0.1, 0.15) is 146 Å². The van der Waals surface area contributed by atoms with Gasteiger partial charge in [-0.05, 0) is 182 Å². The molecule has 10 amide bonds. The maximum Gasteiger partial charge on any atom is 0.305 e. The summed E-state index contributed by atoms with van der Waals surface area (Å²) in [6.07, 6.45) is 1.97. The minimum atomic E-state index is -1.85. The molecule has 28 nitrogen and oxygen atoms in total. The smallest absolute Gasteiger partial charge is 0.305 e.